The minimum absolute atomic E-state index is 0.231. The fraction of sp³-hybridized carbons (Fsp3) is 0.545. The summed E-state index contributed by atoms with van der Waals surface area (Å²) >= 11 is 0. The maximum atomic E-state index is 10.4. The van der Waals surface area contributed by atoms with Crippen LogP contribution in [0.15, 0.2) is 24.3 Å². The van der Waals surface area contributed by atoms with E-state index in [1.54, 1.807) is 0 Å². The molecule has 1 unspecified atom stereocenters. The molecular formula is C11H18O2. The summed E-state index contributed by atoms with van der Waals surface area (Å²) in [5, 5.41) is 8.52. The lowest BCUT2D eigenvalue weighted by Crippen LogP contribution is -2.04. The second-order valence-electron chi connectivity index (χ2n) is 3.28. The molecule has 0 aliphatic rings. The van der Waals surface area contributed by atoms with E-state index in [2.05, 4.69) is 12.7 Å². The van der Waals surface area contributed by atoms with Gasteiger partial charge in [0.2, 0.25) is 0 Å². The minimum Gasteiger partial charge on any atom is -0.481 e. The van der Waals surface area contributed by atoms with Crippen LogP contribution in [0.2, 0.25) is 0 Å². The lowest BCUT2D eigenvalue weighted by Gasteiger charge is -2.13. The van der Waals surface area contributed by atoms with E-state index in [1.165, 1.54) is 0 Å². The Morgan fingerprint density at radius 2 is 2.23 bits per heavy atom. The van der Waals surface area contributed by atoms with E-state index in [4.69, 9.17) is 5.11 Å². The van der Waals surface area contributed by atoms with E-state index in [9.17, 15) is 4.79 Å². The summed E-state index contributed by atoms with van der Waals surface area (Å²) in [6.07, 6.45) is 5.86. The smallest absolute Gasteiger partial charge is 0.303 e. The summed E-state index contributed by atoms with van der Waals surface area (Å²) in [4.78, 5) is 10.4. The van der Waals surface area contributed by atoms with Gasteiger partial charge in [0.15, 0.2) is 0 Å². The van der Waals surface area contributed by atoms with Gasteiger partial charge in [0.25, 0.3) is 0 Å². The number of allylic oxidation sites excluding steroid dienone is 3. The first-order valence-corrected chi connectivity index (χ1v) is 4.56. The van der Waals surface area contributed by atoms with Crippen LogP contribution in [0.4, 0.5) is 0 Å². The maximum Gasteiger partial charge on any atom is 0.303 e. The summed E-state index contributed by atoms with van der Waals surface area (Å²) in [6, 6.07) is 0. The third kappa shape index (κ3) is 6.14. The zero-order valence-corrected chi connectivity index (χ0v) is 8.42. The number of hydrogen-bond acceptors (Lipinski definition) is 1. The molecule has 1 N–H and O–H groups in total. The van der Waals surface area contributed by atoms with Crippen molar-refractivity contribution in [3.63, 3.8) is 0 Å². The molecule has 2 heteroatoms. The van der Waals surface area contributed by atoms with Gasteiger partial charge in [0.1, 0.15) is 0 Å². The Morgan fingerprint density at radius 1 is 1.62 bits per heavy atom. The molecule has 74 valence electrons. The summed E-state index contributed by atoms with van der Waals surface area (Å²) in [5.74, 6) is -0.418. The van der Waals surface area contributed by atoms with Gasteiger partial charge in [-0.15, -0.1) is 0 Å². The topological polar surface area (TPSA) is 37.3 Å². The highest BCUT2D eigenvalue weighted by Crippen LogP contribution is 2.19. The van der Waals surface area contributed by atoms with E-state index >= 15 is 0 Å². The number of carbonyl (C=O) groups is 1. The normalized spacial score (nSPS) is 13.1. The first-order valence-electron chi connectivity index (χ1n) is 4.56. The second-order valence-corrected chi connectivity index (χ2v) is 3.28. The summed E-state index contributed by atoms with van der Waals surface area (Å²) in [5.41, 5.74) is 1.07. The molecule has 0 saturated carbocycles. The number of carboxylic acid groups (broad SMARTS) is 1. The molecule has 0 aromatic rings. The summed E-state index contributed by atoms with van der Waals surface area (Å²) in [6.45, 7) is 7.78. The van der Waals surface area contributed by atoms with Gasteiger partial charge in [-0.25, -0.2) is 0 Å². The standard InChI is InChI=1S/C11H18O2/c1-4-5-6-10(9(2)3)7-8-11(12)13/h4-5,10H,2,6-8H2,1,3H3,(H,12,13). The molecule has 0 aliphatic heterocycles. The quantitative estimate of drug-likeness (QED) is 0.641. The molecular weight excluding hydrogens is 164 g/mol. The highest BCUT2D eigenvalue weighted by Gasteiger charge is 2.09. The van der Waals surface area contributed by atoms with Crippen LogP contribution >= 0.6 is 0 Å². The van der Waals surface area contributed by atoms with Crippen LogP contribution in [0.5, 0.6) is 0 Å². The first kappa shape index (κ1) is 11.9. The van der Waals surface area contributed by atoms with E-state index in [1.807, 2.05) is 19.9 Å². The molecule has 0 fully saturated rings. The summed E-state index contributed by atoms with van der Waals surface area (Å²) in [7, 11) is 0. The van der Waals surface area contributed by atoms with Gasteiger partial charge in [0.05, 0.1) is 0 Å². The minimum atomic E-state index is -0.730. The van der Waals surface area contributed by atoms with E-state index in [0.717, 1.165) is 12.0 Å². The van der Waals surface area contributed by atoms with Crippen molar-refractivity contribution in [2.75, 3.05) is 0 Å². The van der Waals surface area contributed by atoms with Crippen LogP contribution in [0, 0.1) is 5.92 Å². The molecule has 0 amide bonds. The Labute approximate surface area is 80.0 Å². The molecule has 0 aromatic carbocycles. The second kappa shape index (κ2) is 6.46. The average Bonchev–Trinajstić information content (AvgIpc) is 2.03. The predicted molar refractivity (Wildman–Crippen MR) is 54.6 cm³/mol. The van der Waals surface area contributed by atoms with Crippen molar-refractivity contribution < 1.29 is 9.90 Å². The number of carboxylic acids is 1. The Kier molecular flexibility index (Phi) is 5.94. The van der Waals surface area contributed by atoms with Gasteiger partial charge >= 0.3 is 5.97 Å². The van der Waals surface area contributed by atoms with Gasteiger partial charge in [-0.1, -0.05) is 24.3 Å². The molecule has 1 atom stereocenters. The largest absolute Gasteiger partial charge is 0.481 e. The van der Waals surface area contributed by atoms with Crippen molar-refractivity contribution >= 4 is 5.97 Å². The Balaban J connectivity index is 3.94. The van der Waals surface area contributed by atoms with Crippen LogP contribution in [-0.4, -0.2) is 11.1 Å². The van der Waals surface area contributed by atoms with Gasteiger partial charge in [-0.2, -0.15) is 0 Å². The molecule has 0 spiro atoms. The highest BCUT2D eigenvalue weighted by molar-refractivity contribution is 5.66. The molecule has 0 rings (SSSR count). The van der Waals surface area contributed by atoms with Crippen molar-refractivity contribution in [3.8, 4) is 0 Å². The molecule has 0 aliphatic carbocycles. The van der Waals surface area contributed by atoms with Crippen molar-refractivity contribution in [2.45, 2.75) is 33.1 Å². The van der Waals surface area contributed by atoms with Gasteiger partial charge in [-0.05, 0) is 32.6 Å². The van der Waals surface area contributed by atoms with E-state index in [-0.39, 0.29) is 6.42 Å². The molecule has 13 heavy (non-hydrogen) atoms. The SMILES string of the molecule is C=C(C)C(CC=CC)CCC(=O)O. The van der Waals surface area contributed by atoms with E-state index < -0.39 is 5.97 Å². The molecule has 0 radical (unpaired) electrons. The lowest BCUT2D eigenvalue weighted by molar-refractivity contribution is -0.137. The van der Waals surface area contributed by atoms with Gasteiger partial charge in [0, 0.05) is 6.42 Å². The Hall–Kier alpha value is -1.05. The molecule has 0 bridgehead atoms. The van der Waals surface area contributed by atoms with Crippen molar-refractivity contribution in [3.05, 3.63) is 24.3 Å². The lowest BCUT2D eigenvalue weighted by atomic mass is 9.93. The fourth-order valence-corrected chi connectivity index (χ4v) is 1.16. The first-order chi connectivity index (χ1) is 6.07. The molecule has 2 nitrogen and oxygen atoms in total. The van der Waals surface area contributed by atoms with E-state index in [0.29, 0.717) is 12.3 Å². The number of rotatable bonds is 6. The highest BCUT2D eigenvalue weighted by atomic mass is 16.4. The number of hydrogen-bond donors (Lipinski definition) is 1. The monoisotopic (exact) mass is 182 g/mol. The van der Waals surface area contributed by atoms with Crippen molar-refractivity contribution in [2.24, 2.45) is 5.92 Å². The third-order valence-electron chi connectivity index (χ3n) is 2.06. The zero-order valence-electron chi connectivity index (χ0n) is 8.42. The van der Waals surface area contributed by atoms with Crippen LogP contribution in [-0.2, 0) is 4.79 Å². The van der Waals surface area contributed by atoms with Crippen LogP contribution < -0.4 is 0 Å². The van der Waals surface area contributed by atoms with Crippen molar-refractivity contribution in [1.29, 1.82) is 0 Å². The molecule has 0 saturated heterocycles. The fourth-order valence-electron chi connectivity index (χ4n) is 1.16. The Morgan fingerprint density at radius 3 is 2.62 bits per heavy atom. The van der Waals surface area contributed by atoms with Gasteiger partial charge in [-0.3, -0.25) is 4.79 Å². The molecule has 0 heterocycles. The summed E-state index contributed by atoms with van der Waals surface area (Å²) < 4.78 is 0. The molecule has 0 aromatic heterocycles. The maximum absolute atomic E-state index is 10.4. The Bertz CT molecular complexity index is 204. The number of aliphatic carboxylic acids is 1. The van der Waals surface area contributed by atoms with Crippen LogP contribution in [0.25, 0.3) is 0 Å². The third-order valence-corrected chi connectivity index (χ3v) is 2.06. The van der Waals surface area contributed by atoms with Gasteiger partial charge < -0.3 is 5.11 Å². The van der Waals surface area contributed by atoms with Crippen LogP contribution in [0.3, 0.4) is 0 Å². The average molecular weight is 182 g/mol. The van der Waals surface area contributed by atoms with Crippen LogP contribution in [0.1, 0.15) is 33.1 Å². The zero-order chi connectivity index (χ0) is 10.3. The van der Waals surface area contributed by atoms with Crippen molar-refractivity contribution in [1.82, 2.24) is 0 Å². The predicted octanol–water partition coefficient (Wildman–Crippen LogP) is 3.01.